The van der Waals surface area contributed by atoms with Crippen molar-refractivity contribution in [3.63, 3.8) is 0 Å². The molecule has 2 N–H and O–H groups in total. The van der Waals surface area contributed by atoms with E-state index < -0.39 is 0 Å². The molecule has 2 amide bonds. The predicted molar refractivity (Wildman–Crippen MR) is 70.6 cm³/mol. The van der Waals surface area contributed by atoms with Crippen LogP contribution in [0.4, 0.5) is 4.79 Å². The van der Waals surface area contributed by atoms with Crippen molar-refractivity contribution in [1.29, 1.82) is 0 Å². The highest BCUT2D eigenvalue weighted by Crippen LogP contribution is 2.13. The molecule has 5 heteroatoms. The van der Waals surface area contributed by atoms with Gasteiger partial charge in [-0.25, -0.2) is 4.79 Å². The quantitative estimate of drug-likeness (QED) is 0.781. The SMILES string of the molecule is CN1CCC[C@@H](CNC(=O)NC[C@@H]2CCCO2)C1. The van der Waals surface area contributed by atoms with Crippen LogP contribution in [0.3, 0.4) is 0 Å². The van der Waals surface area contributed by atoms with E-state index in [2.05, 4.69) is 22.6 Å². The van der Waals surface area contributed by atoms with E-state index in [1.165, 1.54) is 19.4 Å². The van der Waals surface area contributed by atoms with Gasteiger partial charge in [0, 0.05) is 26.2 Å². The van der Waals surface area contributed by atoms with Crippen molar-refractivity contribution in [3.05, 3.63) is 0 Å². The van der Waals surface area contributed by atoms with Crippen LogP contribution in [-0.2, 0) is 4.74 Å². The summed E-state index contributed by atoms with van der Waals surface area (Å²) in [4.78, 5) is 14.0. The maximum absolute atomic E-state index is 11.6. The molecule has 104 valence electrons. The Morgan fingerprint density at radius 3 is 2.83 bits per heavy atom. The van der Waals surface area contributed by atoms with Crippen LogP contribution in [0.15, 0.2) is 0 Å². The van der Waals surface area contributed by atoms with E-state index in [-0.39, 0.29) is 12.1 Å². The number of rotatable bonds is 4. The van der Waals surface area contributed by atoms with Crippen molar-refractivity contribution in [2.45, 2.75) is 31.8 Å². The molecule has 0 spiro atoms. The van der Waals surface area contributed by atoms with Crippen LogP contribution in [0.2, 0.25) is 0 Å². The first-order chi connectivity index (χ1) is 8.74. The van der Waals surface area contributed by atoms with Crippen LogP contribution in [0, 0.1) is 5.92 Å². The minimum atomic E-state index is -0.0567. The Morgan fingerprint density at radius 1 is 1.28 bits per heavy atom. The molecule has 0 radical (unpaired) electrons. The standard InChI is InChI=1S/C13H25N3O2/c1-16-6-2-4-11(10-16)8-14-13(17)15-9-12-5-3-7-18-12/h11-12H,2-10H2,1H3,(H2,14,15,17)/t11-,12-/m0/s1. The number of piperidine rings is 1. The minimum Gasteiger partial charge on any atom is -0.376 e. The van der Waals surface area contributed by atoms with Crippen molar-refractivity contribution in [2.24, 2.45) is 5.92 Å². The lowest BCUT2D eigenvalue weighted by atomic mass is 9.99. The van der Waals surface area contributed by atoms with Gasteiger partial charge in [0.15, 0.2) is 0 Å². The molecule has 2 heterocycles. The van der Waals surface area contributed by atoms with Gasteiger partial charge < -0.3 is 20.3 Å². The summed E-state index contributed by atoms with van der Waals surface area (Å²) in [6.07, 6.45) is 4.85. The summed E-state index contributed by atoms with van der Waals surface area (Å²) < 4.78 is 5.46. The summed E-state index contributed by atoms with van der Waals surface area (Å²) in [5.41, 5.74) is 0. The number of hydrogen-bond donors (Lipinski definition) is 2. The van der Waals surface area contributed by atoms with Gasteiger partial charge in [0.2, 0.25) is 0 Å². The van der Waals surface area contributed by atoms with Crippen LogP contribution in [0.1, 0.15) is 25.7 Å². The number of carbonyl (C=O) groups is 1. The number of nitrogens with one attached hydrogen (secondary N) is 2. The zero-order valence-corrected chi connectivity index (χ0v) is 11.3. The Hall–Kier alpha value is -0.810. The molecule has 0 unspecified atom stereocenters. The van der Waals surface area contributed by atoms with Gasteiger partial charge in [-0.05, 0) is 45.2 Å². The van der Waals surface area contributed by atoms with E-state index in [4.69, 9.17) is 4.74 Å². The molecule has 2 atom stereocenters. The molecule has 18 heavy (non-hydrogen) atoms. The highest BCUT2D eigenvalue weighted by molar-refractivity contribution is 5.73. The van der Waals surface area contributed by atoms with Gasteiger partial charge in [-0.2, -0.15) is 0 Å². The van der Waals surface area contributed by atoms with E-state index in [9.17, 15) is 4.79 Å². The topological polar surface area (TPSA) is 53.6 Å². The maximum atomic E-state index is 11.6. The molecule has 0 saturated carbocycles. The van der Waals surface area contributed by atoms with Gasteiger partial charge in [-0.15, -0.1) is 0 Å². The van der Waals surface area contributed by atoms with E-state index in [1.807, 2.05) is 0 Å². The van der Waals surface area contributed by atoms with Crippen molar-refractivity contribution in [3.8, 4) is 0 Å². The van der Waals surface area contributed by atoms with E-state index in [0.29, 0.717) is 12.5 Å². The summed E-state index contributed by atoms with van der Waals surface area (Å²) in [6.45, 7) is 4.52. The molecule has 0 bridgehead atoms. The fraction of sp³-hybridized carbons (Fsp3) is 0.923. The number of nitrogens with zero attached hydrogens (tertiary/aromatic N) is 1. The summed E-state index contributed by atoms with van der Waals surface area (Å²) in [7, 11) is 2.14. The molecule has 0 aromatic heterocycles. The van der Waals surface area contributed by atoms with Crippen LogP contribution in [0.25, 0.3) is 0 Å². The van der Waals surface area contributed by atoms with Gasteiger partial charge in [0.1, 0.15) is 0 Å². The first-order valence-corrected chi connectivity index (χ1v) is 7.06. The average molecular weight is 255 g/mol. The molecule has 2 fully saturated rings. The Kier molecular flexibility index (Phi) is 5.26. The normalized spacial score (nSPS) is 29.2. The van der Waals surface area contributed by atoms with Crippen LogP contribution in [0.5, 0.6) is 0 Å². The van der Waals surface area contributed by atoms with E-state index in [0.717, 1.165) is 32.5 Å². The van der Waals surface area contributed by atoms with Gasteiger partial charge in [0.05, 0.1) is 6.10 Å². The number of ether oxygens (including phenoxy) is 1. The average Bonchev–Trinajstić information content (AvgIpc) is 2.87. The Morgan fingerprint density at radius 2 is 2.11 bits per heavy atom. The van der Waals surface area contributed by atoms with E-state index in [1.54, 1.807) is 0 Å². The Bertz CT molecular complexity index is 267. The monoisotopic (exact) mass is 255 g/mol. The Balaban J connectivity index is 1.56. The summed E-state index contributed by atoms with van der Waals surface area (Å²) in [5.74, 6) is 0.595. The minimum absolute atomic E-state index is 0.0567. The number of urea groups is 1. The second kappa shape index (κ2) is 6.95. The third kappa shape index (κ3) is 4.46. The molecule has 0 aromatic carbocycles. The van der Waals surface area contributed by atoms with Crippen molar-refractivity contribution >= 4 is 6.03 Å². The zero-order chi connectivity index (χ0) is 12.8. The van der Waals surface area contributed by atoms with Crippen molar-refractivity contribution < 1.29 is 9.53 Å². The van der Waals surface area contributed by atoms with E-state index >= 15 is 0 Å². The van der Waals surface area contributed by atoms with Gasteiger partial charge in [-0.3, -0.25) is 0 Å². The first-order valence-electron chi connectivity index (χ1n) is 7.06. The fourth-order valence-corrected chi connectivity index (χ4v) is 2.75. The van der Waals surface area contributed by atoms with Crippen molar-refractivity contribution in [1.82, 2.24) is 15.5 Å². The second-order valence-corrected chi connectivity index (χ2v) is 5.50. The fourth-order valence-electron chi connectivity index (χ4n) is 2.75. The van der Waals surface area contributed by atoms with Gasteiger partial charge in [0.25, 0.3) is 0 Å². The van der Waals surface area contributed by atoms with Crippen LogP contribution >= 0.6 is 0 Å². The molecule has 2 aliphatic rings. The lowest BCUT2D eigenvalue weighted by Crippen LogP contribution is -2.44. The molecule has 0 aromatic rings. The first kappa shape index (κ1) is 13.6. The van der Waals surface area contributed by atoms with Crippen LogP contribution in [-0.4, -0.2) is 56.9 Å². The lowest BCUT2D eigenvalue weighted by Gasteiger charge is -2.29. The number of carbonyl (C=O) groups excluding carboxylic acids is 1. The van der Waals surface area contributed by atoms with Crippen LogP contribution < -0.4 is 10.6 Å². The zero-order valence-electron chi connectivity index (χ0n) is 11.3. The van der Waals surface area contributed by atoms with Crippen molar-refractivity contribution in [2.75, 3.05) is 39.8 Å². The maximum Gasteiger partial charge on any atom is 0.314 e. The molecule has 0 aliphatic carbocycles. The highest BCUT2D eigenvalue weighted by Gasteiger charge is 2.19. The Labute approximate surface area is 109 Å². The molecular weight excluding hydrogens is 230 g/mol. The highest BCUT2D eigenvalue weighted by atomic mass is 16.5. The van der Waals surface area contributed by atoms with Gasteiger partial charge in [-0.1, -0.05) is 0 Å². The van der Waals surface area contributed by atoms with Gasteiger partial charge >= 0.3 is 6.03 Å². The lowest BCUT2D eigenvalue weighted by molar-refractivity contribution is 0.111. The number of amides is 2. The third-order valence-corrected chi connectivity index (χ3v) is 3.79. The summed E-state index contributed by atoms with van der Waals surface area (Å²) in [6, 6.07) is -0.0567. The second-order valence-electron chi connectivity index (χ2n) is 5.50. The molecular formula is C13H25N3O2. The largest absolute Gasteiger partial charge is 0.376 e. The third-order valence-electron chi connectivity index (χ3n) is 3.79. The summed E-state index contributed by atoms with van der Waals surface area (Å²) >= 11 is 0. The summed E-state index contributed by atoms with van der Waals surface area (Å²) in [5, 5.41) is 5.85. The number of hydrogen-bond acceptors (Lipinski definition) is 3. The predicted octanol–water partition coefficient (Wildman–Crippen LogP) is 0.806. The smallest absolute Gasteiger partial charge is 0.314 e. The molecule has 2 aliphatic heterocycles. The number of likely N-dealkylation sites (tertiary alicyclic amines) is 1. The molecule has 2 rings (SSSR count). The molecule has 5 nitrogen and oxygen atoms in total. The molecule has 2 saturated heterocycles.